The van der Waals surface area contributed by atoms with E-state index in [2.05, 4.69) is 11.0 Å². The van der Waals surface area contributed by atoms with Gasteiger partial charge >= 0.3 is 5.97 Å². The van der Waals surface area contributed by atoms with E-state index in [1.807, 2.05) is 11.4 Å². The summed E-state index contributed by atoms with van der Waals surface area (Å²) in [5, 5.41) is 10.6. The Morgan fingerprint density at radius 2 is 2.00 bits per heavy atom. The van der Waals surface area contributed by atoms with Gasteiger partial charge in [-0.3, -0.25) is 9.69 Å². The maximum Gasteiger partial charge on any atom is 0.320 e. The lowest BCUT2D eigenvalue weighted by molar-refractivity contribution is -0.134. The highest BCUT2D eigenvalue weighted by atomic mass is 32.2. The summed E-state index contributed by atoms with van der Waals surface area (Å²) in [4.78, 5) is 13.9. The summed E-state index contributed by atoms with van der Waals surface area (Å²) >= 11 is 1.68. The molecule has 0 saturated carbocycles. The quantitative estimate of drug-likeness (QED) is 0.845. The van der Waals surface area contributed by atoms with Crippen LogP contribution in [0.2, 0.25) is 0 Å². The Labute approximate surface area is 116 Å². The third-order valence-electron chi connectivity index (χ3n) is 2.99. The van der Waals surface area contributed by atoms with Crippen molar-refractivity contribution in [3.05, 3.63) is 22.4 Å². The summed E-state index contributed by atoms with van der Waals surface area (Å²) in [5.41, 5.74) is 0. The van der Waals surface area contributed by atoms with E-state index in [1.165, 1.54) is 9.18 Å². The van der Waals surface area contributed by atoms with Crippen LogP contribution in [0.25, 0.3) is 0 Å². The highest BCUT2D eigenvalue weighted by molar-refractivity contribution is 7.89. The molecule has 19 heavy (non-hydrogen) atoms. The molecule has 2 heterocycles. The molecule has 0 bridgehead atoms. The number of carbonyl (C=O) groups is 1. The molecule has 1 aliphatic rings. The Morgan fingerprint density at radius 1 is 1.32 bits per heavy atom. The first-order valence-corrected chi connectivity index (χ1v) is 8.40. The van der Waals surface area contributed by atoms with Gasteiger partial charge in [0.25, 0.3) is 0 Å². The van der Waals surface area contributed by atoms with Gasteiger partial charge in [-0.2, -0.15) is 4.31 Å². The van der Waals surface area contributed by atoms with Crippen molar-refractivity contribution in [1.29, 1.82) is 0 Å². The fraction of sp³-hybridized carbons (Fsp3) is 0.545. The molecule has 2 rings (SSSR count). The lowest BCUT2D eigenvalue weighted by Crippen LogP contribution is -2.49. The molecule has 0 atom stereocenters. The number of thiophene rings is 1. The number of nitrogens with zero attached hydrogens (tertiary/aromatic N) is 2. The van der Waals surface area contributed by atoms with E-state index in [0.717, 1.165) is 6.54 Å². The largest absolute Gasteiger partial charge is 0.480 e. The van der Waals surface area contributed by atoms with Gasteiger partial charge in [-0.15, -0.1) is 11.3 Å². The van der Waals surface area contributed by atoms with E-state index in [9.17, 15) is 13.2 Å². The smallest absolute Gasteiger partial charge is 0.320 e. The van der Waals surface area contributed by atoms with Gasteiger partial charge < -0.3 is 5.11 Å². The Hall–Kier alpha value is -0.960. The summed E-state index contributed by atoms with van der Waals surface area (Å²) < 4.78 is 24.8. The van der Waals surface area contributed by atoms with Crippen LogP contribution in [-0.2, 0) is 21.4 Å². The van der Waals surface area contributed by atoms with Crippen LogP contribution < -0.4 is 0 Å². The van der Waals surface area contributed by atoms with Crippen LogP contribution >= 0.6 is 11.3 Å². The van der Waals surface area contributed by atoms with Gasteiger partial charge in [0.05, 0.1) is 0 Å². The van der Waals surface area contributed by atoms with Crippen molar-refractivity contribution >= 4 is 27.3 Å². The molecule has 1 fully saturated rings. The first kappa shape index (κ1) is 14.4. The average molecular weight is 304 g/mol. The number of hydrogen-bond donors (Lipinski definition) is 1. The van der Waals surface area contributed by atoms with Crippen molar-refractivity contribution in [3.8, 4) is 0 Å². The molecule has 1 N–H and O–H groups in total. The highest BCUT2D eigenvalue weighted by Crippen LogP contribution is 2.14. The third-order valence-corrected chi connectivity index (χ3v) is 5.61. The van der Waals surface area contributed by atoms with Crippen LogP contribution in [-0.4, -0.2) is 60.6 Å². The molecule has 1 aromatic rings. The van der Waals surface area contributed by atoms with E-state index in [4.69, 9.17) is 5.11 Å². The van der Waals surface area contributed by atoms with Crippen molar-refractivity contribution in [3.63, 3.8) is 0 Å². The summed E-state index contributed by atoms with van der Waals surface area (Å²) in [6.45, 7) is 2.82. The van der Waals surface area contributed by atoms with E-state index in [-0.39, 0.29) is 0 Å². The van der Waals surface area contributed by atoms with Crippen LogP contribution in [0.3, 0.4) is 0 Å². The SMILES string of the molecule is O=C(O)CS(=O)(=O)N1CCN(Cc2cccs2)CC1. The summed E-state index contributed by atoms with van der Waals surface area (Å²) in [7, 11) is -3.66. The normalized spacial score (nSPS) is 18.5. The highest BCUT2D eigenvalue weighted by Gasteiger charge is 2.28. The molecule has 6 nitrogen and oxygen atoms in total. The van der Waals surface area contributed by atoms with Gasteiger partial charge in [-0.05, 0) is 11.4 Å². The van der Waals surface area contributed by atoms with Crippen LogP contribution in [0, 0.1) is 0 Å². The zero-order valence-electron chi connectivity index (χ0n) is 10.4. The predicted molar refractivity (Wildman–Crippen MR) is 72.6 cm³/mol. The van der Waals surface area contributed by atoms with Crippen molar-refractivity contribution in [2.24, 2.45) is 0 Å². The zero-order chi connectivity index (χ0) is 13.9. The Bertz CT molecular complexity index is 519. The molecule has 0 amide bonds. The molecule has 0 radical (unpaired) electrons. The first-order chi connectivity index (χ1) is 8.97. The standard InChI is InChI=1S/C11H16N2O4S2/c14-11(15)9-19(16,17)13-5-3-12(4-6-13)8-10-2-1-7-18-10/h1-2,7H,3-6,8-9H2,(H,14,15). The van der Waals surface area contributed by atoms with Crippen molar-refractivity contribution in [2.75, 3.05) is 31.9 Å². The third kappa shape index (κ3) is 4.00. The number of carboxylic acids is 1. The van der Waals surface area contributed by atoms with E-state index in [1.54, 1.807) is 11.3 Å². The molecule has 8 heteroatoms. The minimum Gasteiger partial charge on any atom is -0.480 e. The van der Waals surface area contributed by atoms with Crippen LogP contribution in [0.5, 0.6) is 0 Å². The number of hydrogen-bond acceptors (Lipinski definition) is 5. The molecule has 0 unspecified atom stereocenters. The fourth-order valence-corrected chi connectivity index (χ4v) is 4.00. The van der Waals surface area contributed by atoms with Crippen LogP contribution in [0.4, 0.5) is 0 Å². The summed E-state index contributed by atoms with van der Waals surface area (Å²) in [6, 6.07) is 4.05. The van der Waals surface area contributed by atoms with Gasteiger partial charge in [0.15, 0.2) is 5.75 Å². The predicted octanol–water partition coefficient (Wildman–Crippen LogP) is 0.280. The monoisotopic (exact) mass is 304 g/mol. The van der Waals surface area contributed by atoms with E-state index in [0.29, 0.717) is 26.2 Å². The molecular weight excluding hydrogens is 288 g/mol. The Kier molecular flexibility index (Phi) is 4.56. The first-order valence-electron chi connectivity index (χ1n) is 5.92. The zero-order valence-corrected chi connectivity index (χ0v) is 12.0. The lowest BCUT2D eigenvalue weighted by Gasteiger charge is -2.33. The number of aliphatic carboxylic acids is 1. The second-order valence-corrected chi connectivity index (χ2v) is 7.41. The minimum atomic E-state index is -3.66. The number of carboxylic acid groups (broad SMARTS) is 1. The van der Waals surface area contributed by atoms with Crippen molar-refractivity contribution < 1.29 is 18.3 Å². The van der Waals surface area contributed by atoms with E-state index >= 15 is 0 Å². The van der Waals surface area contributed by atoms with Gasteiger partial charge in [0.1, 0.15) is 0 Å². The molecular formula is C11H16N2O4S2. The maximum absolute atomic E-state index is 11.7. The summed E-state index contributed by atoms with van der Waals surface area (Å²) in [5.74, 6) is -2.13. The molecule has 1 aliphatic heterocycles. The van der Waals surface area contributed by atoms with Crippen LogP contribution in [0.1, 0.15) is 4.88 Å². The molecule has 0 aliphatic carbocycles. The van der Waals surface area contributed by atoms with Crippen LogP contribution in [0.15, 0.2) is 17.5 Å². The van der Waals surface area contributed by atoms with Gasteiger partial charge in [-0.1, -0.05) is 6.07 Å². The number of sulfonamides is 1. The van der Waals surface area contributed by atoms with E-state index < -0.39 is 21.7 Å². The topological polar surface area (TPSA) is 77.9 Å². The maximum atomic E-state index is 11.7. The van der Waals surface area contributed by atoms with Crippen molar-refractivity contribution in [1.82, 2.24) is 9.21 Å². The number of piperazine rings is 1. The Morgan fingerprint density at radius 3 is 2.53 bits per heavy atom. The van der Waals surface area contributed by atoms with Gasteiger partial charge in [-0.25, -0.2) is 8.42 Å². The summed E-state index contributed by atoms with van der Waals surface area (Å²) in [6.07, 6.45) is 0. The second kappa shape index (κ2) is 6.00. The molecule has 0 spiro atoms. The Balaban J connectivity index is 1.87. The minimum absolute atomic E-state index is 0.362. The molecule has 1 aromatic heterocycles. The molecule has 106 valence electrons. The van der Waals surface area contributed by atoms with Gasteiger partial charge in [0, 0.05) is 37.6 Å². The second-order valence-electron chi connectivity index (χ2n) is 4.40. The number of rotatable bonds is 5. The molecule has 0 aromatic carbocycles. The van der Waals surface area contributed by atoms with Crippen molar-refractivity contribution in [2.45, 2.75) is 6.54 Å². The van der Waals surface area contributed by atoms with Gasteiger partial charge in [0.2, 0.25) is 10.0 Å². The molecule has 1 saturated heterocycles. The lowest BCUT2D eigenvalue weighted by atomic mass is 10.3. The average Bonchev–Trinajstić information content (AvgIpc) is 2.81. The fourth-order valence-electron chi connectivity index (χ4n) is 2.04.